The number of primary amides is 1. The van der Waals surface area contributed by atoms with Gasteiger partial charge in [-0.3, -0.25) is 4.79 Å². The highest BCUT2D eigenvalue weighted by Gasteiger charge is 2.09. The SMILES string of the molecule is NC(=O)c1cccc(O)c1O.O=C(O)c1ccc(O)cc1O. The summed E-state index contributed by atoms with van der Waals surface area (Å²) < 4.78 is 0. The van der Waals surface area contributed by atoms with Crippen LogP contribution in [-0.2, 0) is 0 Å². The van der Waals surface area contributed by atoms with Crippen molar-refractivity contribution >= 4 is 11.9 Å². The van der Waals surface area contributed by atoms with Crippen molar-refractivity contribution in [1.29, 1.82) is 0 Å². The molecule has 0 heterocycles. The van der Waals surface area contributed by atoms with E-state index in [0.717, 1.165) is 12.1 Å². The van der Waals surface area contributed by atoms with Crippen molar-refractivity contribution in [3.8, 4) is 23.0 Å². The van der Waals surface area contributed by atoms with Crippen LogP contribution in [0.25, 0.3) is 0 Å². The van der Waals surface area contributed by atoms with Gasteiger partial charge in [-0.2, -0.15) is 0 Å². The van der Waals surface area contributed by atoms with Gasteiger partial charge < -0.3 is 31.3 Å². The maximum Gasteiger partial charge on any atom is 0.339 e. The van der Waals surface area contributed by atoms with E-state index >= 15 is 0 Å². The molecular formula is C14H13NO7. The van der Waals surface area contributed by atoms with Gasteiger partial charge in [0.25, 0.3) is 5.91 Å². The molecule has 0 saturated carbocycles. The number of carboxylic acid groups (broad SMARTS) is 1. The lowest BCUT2D eigenvalue weighted by atomic mass is 10.2. The highest BCUT2D eigenvalue weighted by Crippen LogP contribution is 2.27. The van der Waals surface area contributed by atoms with E-state index in [9.17, 15) is 9.59 Å². The number of phenols is 4. The second-order valence-corrected chi connectivity index (χ2v) is 4.04. The first-order chi connectivity index (χ1) is 10.2. The molecule has 2 rings (SSSR count). The van der Waals surface area contributed by atoms with Crippen molar-refractivity contribution < 1.29 is 35.1 Å². The molecule has 8 heteroatoms. The Morgan fingerprint density at radius 1 is 0.864 bits per heavy atom. The predicted molar refractivity (Wildman–Crippen MR) is 75.0 cm³/mol. The fourth-order valence-electron chi connectivity index (χ4n) is 1.43. The largest absolute Gasteiger partial charge is 0.508 e. The second-order valence-electron chi connectivity index (χ2n) is 4.04. The van der Waals surface area contributed by atoms with Crippen LogP contribution in [0.4, 0.5) is 0 Å². The third-order valence-corrected chi connectivity index (χ3v) is 2.49. The number of nitrogens with two attached hydrogens (primary N) is 1. The minimum Gasteiger partial charge on any atom is -0.508 e. The lowest BCUT2D eigenvalue weighted by Gasteiger charge is -2.00. The Balaban J connectivity index is 0.000000220. The van der Waals surface area contributed by atoms with Gasteiger partial charge in [-0.15, -0.1) is 0 Å². The fourth-order valence-corrected chi connectivity index (χ4v) is 1.43. The van der Waals surface area contributed by atoms with E-state index < -0.39 is 23.4 Å². The molecule has 0 radical (unpaired) electrons. The molecule has 7 N–H and O–H groups in total. The average molecular weight is 307 g/mol. The number of aromatic hydroxyl groups is 4. The lowest BCUT2D eigenvalue weighted by Crippen LogP contribution is -2.10. The Labute approximate surface area is 124 Å². The topological polar surface area (TPSA) is 161 Å². The molecule has 0 spiro atoms. The summed E-state index contributed by atoms with van der Waals surface area (Å²) in [5, 5.41) is 44.0. The van der Waals surface area contributed by atoms with Crippen LogP contribution in [0.1, 0.15) is 20.7 Å². The number of carboxylic acids is 1. The monoisotopic (exact) mass is 307 g/mol. The molecule has 0 bridgehead atoms. The molecule has 0 atom stereocenters. The minimum atomic E-state index is -1.22. The smallest absolute Gasteiger partial charge is 0.339 e. The number of amides is 1. The summed E-state index contributed by atoms with van der Waals surface area (Å²) >= 11 is 0. The van der Waals surface area contributed by atoms with Gasteiger partial charge in [-0.25, -0.2) is 4.79 Å². The molecule has 22 heavy (non-hydrogen) atoms. The highest BCUT2D eigenvalue weighted by atomic mass is 16.4. The molecule has 8 nitrogen and oxygen atoms in total. The van der Waals surface area contributed by atoms with Crippen molar-refractivity contribution in [3.05, 3.63) is 47.5 Å². The number of hydrogen-bond donors (Lipinski definition) is 6. The Bertz CT molecular complexity index is 712. The van der Waals surface area contributed by atoms with Crippen molar-refractivity contribution in [1.82, 2.24) is 0 Å². The molecule has 0 saturated heterocycles. The number of aromatic carboxylic acids is 1. The van der Waals surface area contributed by atoms with Crippen molar-refractivity contribution in [2.45, 2.75) is 0 Å². The van der Waals surface area contributed by atoms with Gasteiger partial charge >= 0.3 is 5.97 Å². The maximum atomic E-state index is 10.5. The first-order valence-electron chi connectivity index (χ1n) is 5.80. The molecule has 0 fully saturated rings. The first-order valence-corrected chi connectivity index (χ1v) is 5.80. The highest BCUT2D eigenvalue weighted by molar-refractivity contribution is 5.96. The molecule has 0 unspecified atom stereocenters. The number of rotatable bonds is 2. The van der Waals surface area contributed by atoms with Crippen LogP contribution < -0.4 is 5.73 Å². The van der Waals surface area contributed by atoms with E-state index in [1.807, 2.05) is 0 Å². The molecular weight excluding hydrogens is 294 g/mol. The van der Waals surface area contributed by atoms with Gasteiger partial charge in [0, 0.05) is 6.07 Å². The third-order valence-electron chi connectivity index (χ3n) is 2.49. The van der Waals surface area contributed by atoms with Crippen LogP contribution in [0.5, 0.6) is 23.0 Å². The van der Waals surface area contributed by atoms with E-state index in [0.29, 0.717) is 0 Å². The molecule has 2 aromatic rings. The summed E-state index contributed by atoms with van der Waals surface area (Å²) in [7, 11) is 0. The van der Waals surface area contributed by atoms with Gasteiger partial charge in [0.05, 0.1) is 5.56 Å². The number of benzene rings is 2. The minimum absolute atomic E-state index is 0.0787. The summed E-state index contributed by atoms with van der Waals surface area (Å²) in [6, 6.07) is 7.33. The number of carbonyl (C=O) groups is 2. The quantitative estimate of drug-likeness (QED) is 0.451. The molecule has 0 aliphatic carbocycles. The van der Waals surface area contributed by atoms with Crippen LogP contribution in [0.2, 0.25) is 0 Å². The van der Waals surface area contributed by atoms with E-state index in [1.54, 1.807) is 0 Å². The van der Waals surface area contributed by atoms with Crippen LogP contribution in [-0.4, -0.2) is 37.4 Å². The molecule has 0 aliphatic rings. The van der Waals surface area contributed by atoms with Crippen LogP contribution in [0, 0.1) is 0 Å². The molecule has 116 valence electrons. The number of carbonyl (C=O) groups excluding carboxylic acids is 1. The Morgan fingerprint density at radius 3 is 1.95 bits per heavy atom. The second kappa shape index (κ2) is 6.84. The Hall–Kier alpha value is -3.42. The lowest BCUT2D eigenvalue weighted by molar-refractivity contribution is 0.0693. The van der Waals surface area contributed by atoms with Crippen LogP contribution >= 0.6 is 0 Å². The first kappa shape index (κ1) is 16.6. The number of hydrogen-bond acceptors (Lipinski definition) is 6. The molecule has 2 aromatic carbocycles. The zero-order chi connectivity index (χ0) is 16.9. The average Bonchev–Trinajstić information content (AvgIpc) is 2.41. The molecule has 0 aliphatic heterocycles. The molecule has 1 amide bonds. The fraction of sp³-hybridized carbons (Fsp3) is 0. The normalized spacial score (nSPS) is 9.45. The molecule has 0 aromatic heterocycles. The summed E-state index contributed by atoms with van der Waals surface area (Å²) in [6.07, 6.45) is 0. The Morgan fingerprint density at radius 2 is 1.50 bits per heavy atom. The van der Waals surface area contributed by atoms with Gasteiger partial charge in [0.2, 0.25) is 0 Å². The summed E-state index contributed by atoms with van der Waals surface area (Å²) in [4.78, 5) is 20.8. The van der Waals surface area contributed by atoms with E-state index in [4.69, 9.17) is 31.3 Å². The van der Waals surface area contributed by atoms with Gasteiger partial charge in [0.1, 0.15) is 17.1 Å². The zero-order valence-electron chi connectivity index (χ0n) is 11.1. The summed E-state index contributed by atoms with van der Waals surface area (Å²) in [6.45, 7) is 0. The van der Waals surface area contributed by atoms with E-state index in [-0.39, 0.29) is 22.6 Å². The van der Waals surface area contributed by atoms with Crippen LogP contribution in [0.15, 0.2) is 36.4 Å². The van der Waals surface area contributed by atoms with Gasteiger partial charge in [-0.1, -0.05) is 6.07 Å². The van der Waals surface area contributed by atoms with Crippen molar-refractivity contribution in [2.75, 3.05) is 0 Å². The van der Waals surface area contributed by atoms with E-state index in [2.05, 4.69) is 0 Å². The van der Waals surface area contributed by atoms with Crippen molar-refractivity contribution in [3.63, 3.8) is 0 Å². The van der Waals surface area contributed by atoms with Gasteiger partial charge in [-0.05, 0) is 24.3 Å². The summed E-state index contributed by atoms with van der Waals surface area (Å²) in [5.41, 5.74) is 4.58. The maximum absolute atomic E-state index is 10.5. The third kappa shape index (κ3) is 4.04. The van der Waals surface area contributed by atoms with Gasteiger partial charge in [0.15, 0.2) is 11.5 Å². The predicted octanol–water partition coefficient (Wildman–Crippen LogP) is 0.993. The van der Waals surface area contributed by atoms with Crippen LogP contribution in [0.3, 0.4) is 0 Å². The standard InChI is InChI=1S/C7H7NO3.C7H6O4/c8-7(11)4-2-1-3-5(9)6(4)10;8-4-1-2-5(7(10)11)6(9)3-4/h1-3,9-10H,(H2,8,11);1-3,8-9H,(H,10,11). The number of phenolic OH excluding ortho intramolecular Hbond substituents is 2. The zero-order valence-corrected chi connectivity index (χ0v) is 11.1. The summed E-state index contributed by atoms with van der Waals surface area (Å²) in [5.74, 6) is -3.40. The Kier molecular flexibility index (Phi) is 5.17. The number of para-hydroxylation sites is 1. The van der Waals surface area contributed by atoms with E-state index in [1.165, 1.54) is 24.3 Å². The van der Waals surface area contributed by atoms with Crippen molar-refractivity contribution in [2.24, 2.45) is 5.73 Å².